The minimum absolute atomic E-state index is 0.0771. The van der Waals surface area contributed by atoms with Crippen molar-refractivity contribution in [3.63, 3.8) is 0 Å². The van der Waals surface area contributed by atoms with Crippen LogP contribution in [0.15, 0.2) is 65.6 Å². The maximum atomic E-state index is 14.3. The average Bonchev–Trinajstić information content (AvgIpc) is 3.03. The number of amides is 2. The molecule has 0 heterocycles. The summed E-state index contributed by atoms with van der Waals surface area (Å²) in [5.74, 6) is 0.120. The van der Waals surface area contributed by atoms with E-state index in [-0.39, 0.29) is 34.5 Å². The zero-order valence-corrected chi connectivity index (χ0v) is 26.4. The molecule has 3 rings (SSSR count). The SMILES string of the molecule is CCC(C(=O)NC)N(Cc1ccc(C)cc1)C(=O)CN(c1cc(OC)ccc1OC)S(=O)(=O)c1ccc(OC)c(OC)c1. The molecule has 0 saturated carbocycles. The summed E-state index contributed by atoms with van der Waals surface area (Å²) < 4.78 is 51.1. The van der Waals surface area contributed by atoms with E-state index < -0.39 is 28.5 Å². The van der Waals surface area contributed by atoms with Crippen molar-refractivity contribution in [1.29, 1.82) is 0 Å². The summed E-state index contributed by atoms with van der Waals surface area (Å²) in [5, 5.41) is 2.62. The van der Waals surface area contributed by atoms with E-state index in [4.69, 9.17) is 18.9 Å². The maximum absolute atomic E-state index is 14.3. The minimum Gasteiger partial charge on any atom is -0.497 e. The van der Waals surface area contributed by atoms with Crippen LogP contribution in [0.25, 0.3) is 0 Å². The molecule has 43 heavy (non-hydrogen) atoms. The molecule has 0 aliphatic carbocycles. The van der Waals surface area contributed by atoms with Crippen molar-refractivity contribution in [2.45, 2.75) is 37.8 Å². The van der Waals surface area contributed by atoms with E-state index >= 15 is 0 Å². The predicted octanol–water partition coefficient (Wildman–Crippen LogP) is 3.78. The van der Waals surface area contributed by atoms with E-state index in [1.54, 1.807) is 19.1 Å². The molecule has 1 unspecified atom stereocenters. The van der Waals surface area contributed by atoms with E-state index in [1.807, 2.05) is 31.2 Å². The van der Waals surface area contributed by atoms with Crippen LogP contribution in [0.1, 0.15) is 24.5 Å². The number of methoxy groups -OCH3 is 4. The fourth-order valence-corrected chi connectivity index (χ4v) is 6.02. The third-order valence-electron chi connectivity index (χ3n) is 6.98. The summed E-state index contributed by atoms with van der Waals surface area (Å²) in [6.07, 6.45) is 0.308. The van der Waals surface area contributed by atoms with Gasteiger partial charge in [-0.2, -0.15) is 0 Å². The molecule has 3 aromatic carbocycles. The molecule has 3 aromatic rings. The number of ether oxygens (including phenoxy) is 4. The number of aryl methyl sites for hydroxylation is 1. The number of likely N-dealkylation sites (N-methyl/N-ethyl adjacent to an activating group) is 1. The van der Waals surface area contributed by atoms with Crippen LogP contribution in [0.2, 0.25) is 0 Å². The summed E-state index contributed by atoms with van der Waals surface area (Å²) >= 11 is 0. The Balaban J connectivity index is 2.19. The standard InChI is InChI=1S/C31H39N3O8S/c1-8-25(31(36)32-3)33(19-22-11-9-21(2)10-12-22)30(35)20-34(26-17-23(39-4)13-15-27(26)40-5)43(37,38)24-14-16-28(41-6)29(18-24)42-7/h9-18,25H,8,19-20H2,1-7H3,(H,32,36). The molecule has 0 aromatic heterocycles. The first kappa shape index (κ1) is 33.1. The number of hydrogen-bond donors (Lipinski definition) is 1. The molecule has 1 N–H and O–H groups in total. The lowest BCUT2D eigenvalue weighted by Gasteiger charge is -2.33. The number of carbonyl (C=O) groups is 2. The Labute approximate surface area is 253 Å². The van der Waals surface area contributed by atoms with Crippen LogP contribution >= 0.6 is 0 Å². The third kappa shape index (κ3) is 7.50. The van der Waals surface area contributed by atoms with Crippen molar-refractivity contribution in [2.75, 3.05) is 46.3 Å². The highest BCUT2D eigenvalue weighted by Gasteiger charge is 2.35. The first-order chi connectivity index (χ1) is 20.5. The number of nitrogens with zero attached hydrogens (tertiary/aromatic N) is 2. The zero-order valence-electron chi connectivity index (χ0n) is 25.5. The van der Waals surface area contributed by atoms with Crippen LogP contribution in [0.3, 0.4) is 0 Å². The van der Waals surface area contributed by atoms with Gasteiger partial charge in [-0.05, 0) is 43.2 Å². The maximum Gasteiger partial charge on any atom is 0.265 e. The van der Waals surface area contributed by atoms with Crippen molar-refractivity contribution >= 4 is 27.5 Å². The third-order valence-corrected chi connectivity index (χ3v) is 8.74. The topological polar surface area (TPSA) is 124 Å². The Bertz CT molecular complexity index is 1530. The van der Waals surface area contributed by atoms with E-state index in [0.717, 1.165) is 15.4 Å². The lowest BCUT2D eigenvalue weighted by Crippen LogP contribution is -2.51. The van der Waals surface area contributed by atoms with Crippen LogP contribution in [0, 0.1) is 6.92 Å². The molecule has 12 heteroatoms. The van der Waals surface area contributed by atoms with Crippen LogP contribution in [0.4, 0.5) is 5.69 Å². The van der Waals surface area contributed by atoms with Gasteiger partial charge < -0.3 is 29.2 Å². The first-order valence-corrected chi connectivity index (χ1v) is 15.0. The van der Waals surface area contributed by atoms with Crippen molar-refractivity contribution in [1.82, 2.24) is 10.2 Å². The molecular weight excluding hydrogens is 574 g/mol. The smallest absolute Gasteiger partial charge is 0.265 e. The molecule has 0 aliphatic rings. The number of anilines is 1. The Hall–Kier alpha value is -4.45. The fraction of sp³-hybridized carbons (Fsp3) is 0.355. The van der Waals surface area contributed by atoms with Gasteiger partial charge in [0.25, 0.3) is 10.0 Å². The van der Waals surface area contributed by atoms with Crippen molar-refractivity contribution < 1.29 is 37.0 Å². The molecule has 0 spiro atoms. The Morgan fingerprint density at radius 1 is 0.837 bits per heavy atom. The lowest BCUT2D eigenvalue weighted by atomic mass is 10.1. The number of carbonyl (C=O) groups excluding carboxylic acids is 2. The first-order valence-electron chi connectivity index (χ1n) is 13.6. The summed E-state index contributed by atoms with van der Waals surface area (Å²) in [4.78, 5) is 28.4. The Morgan fingerprint density at radius 3 is 2.02 bits per heavy atom. The van der Waals surface area contributed by atoms with Crippen molar-refractivity contribution in [3.8, 4) is 23.0 Å². The van der Waals surface area contributed by atoms with Crippen LogP contribution in [-0.4, -0.2) is 73.2 Å². The molecule has 232 valence electrons. The van der Waals surface area contributed by atoms with Gasteiger partial charge in [0.2, 0.25) is 11.8 Å². The number of rotatable bonds is 14. The van der Waals surface area contributed by atoms with Gasteiger partial charge in [-0.15, -0.1) is 0 Å². The summed E-state index contributed by atoms with van der Waals surface area (Å²) in [6.45, 7) is 3.19. The van der Waals surface area contributed by atoms with Gasteiger partial charge in [-0.25, -0.2) is 8.42 Å². The number of nitrogens with one attached hydrogen (secondary N) is 1. The monoisotopic (exact) mass is 613 g/mol. The second-order valence-electron chi connectivity index (χ2n) is 9.61. The predicted molar refractivity (Wildman–Crippen MR) is 163 cm³/mol. The summed E-state index contributed by atoms with van der Waals surface area (Å²) in [6, 6.07) is 15.5. The van der Waals surface area contributed by atoms with Gasteiger partial charge in [0.05, 0.1) is 39.0 Å². The Kier molecular flexibility index (Phi) is 11.2. The van der Waals surface area contributed by atoms with Gasteiger partial charge >= 0.3 is 0 Å². The van der Waals surface area contributed by atoms with Crippen LogP contribution in [-0.2, 0) is 26.2 Å². The molecule has 2 amide bonds. The highest BCUT2D eigenvalue weighted by molar-refractivity contribution is 7.92. The van der Waals surface area contributed by atoms with Crippen molar-refractivity contribution in [2.24, 2.45) is 0 Å². The van der Waals surface area contributed by atoms with Gasteiger partial charge in [-0.3, -0.25) is 13.9 Å². The molecule has 0 saturated heterocycles. The largest absolute Gasteiger partial charge is 0.497 e. The molecule has 11 nitrogen and oxygen atoms in total. The van der Waals surface area contributed by atoms with Gasteiger partial charge in [0.1, 0.15) is 24.1 Å². The minimum atomic E-state index is -4.42. The van der Waals surface area contributed by atoms with Crippen LogP contribution in [0.5, 0.6) is 23.0 Å². The van der Waals surface area contributed by atoms with E-state index in [0.29, 0.717) is 17.9 Å². The molecule has 0 aliphatic heterocycles. The molecule has 1 atom stereocenters. The number of sulfonamides is 1. The zero-order chi connectivity index (χ0) is 31.7. The van der Waals surface area contributed by atoms with Crippen LogP contribution < -0.4 is 28.6 Å². The Morgan fingerprint density at radius 2 is 1.47 bits per heavy atom. The molecule has 0 fully saturated rings. The van der Waals surface area contributed by atoms with E-state index in [2.05, 4.69) is 5.32 Å². The van der Waals surface area contributed by atoms with Gasteiger partial charge in [0.15, 0.2) is 11.5 Å². The van der Waals surface area contributed by atoms with E-state index in [9.17, 15) is 18.0 Å². The average molecular weight is 614 g/mol. The molecule has 0 bridgehead atoms. The highest BCUT2D eigenvalue weighted by Crippen LogP contribution is 2.37. The summed E-state index contributed by atoms with van der Waals surface area (Å²) in [5.41, 5.74) is 1.90. The highest BCUT2D eigenvalue weighted by atomic mass is 32.2. The molecule has 0 radical (unpaired) electrons. The fourth-order valence-electron chi connectivity index (χ4n) is 4.59. The van der Waals surface area contributed by atoms with Crippen molar-refractivity contribution in [3.05, 3.63) is 71.8 Å². The number of benzene rings is 3. The second kappa shape index (κ2) is 14.6. The molecular formula is C31H39N3O8S. The van der Waals surface area contributed by atoms with E-state index in [1.165, 1.54) is 64.7 Å². The summed E-state index contributed by atoms with van der Waals surface area (Å²) in [7, 11) is 2.76. The van der Waals surface area contributed by atoms with Gasteiger partial charge in [-0.1, -0.05) is 36.8 Å². The van der Waals surface area contributed by atoms with Gasteiger partial charge in [0, 0.05) is 25.7 Å². The lowest BCUT2D eigenvalue weighted by molar-refractivity contribution is -0.140. The second-order valence-corrected chi connectivity index (χ2v) is 11.5. The number of hydrogen-bond acceptors (Lipinski definition) is 8. The quantitative estimate of drug-likeness (QED) is 0.292. The normalized spacial score (nSPS) is 11.7.